The van der Waals surface area contributed by atoms with Crippen LogP contribution in [0.25, 0.3) is 11.4 Å². The highest BCUT2D eigenvalue weighted by molar-refractivity contribution is 5.61. The predicted octanol–water partition coefficient (Wildman–Crippen LogP) is 2.13. The first-order valence-corrected chi connectivity index (χ1v) is 4.90. The first-order chi connectivity index (χ1) is 7.92. The number of hydrogen-bond donors (Lipinski definition) is 0. The fourth-order valence-electron chi connectivity index (χ4n) is 1.32. The van der Waals surface area contributed by atoms with Crippen molar-refractivity contribution >= 4 is 0 Å². The number of ether oxygens (including phenoxy) is 2. The highest BCUT2D eigenvalue weighted by Gasteiger charge is 2.07. The number of hydrogen-bond acceptors (Lipinski definition) is 4. The number of nitrogens with zero attached hydrogens (tertiary/aromatic N) is 2. The molecule has 0 aliphatic carbocycles. The highest BCUT2D eigenvalue weighted by Crippen LogP contribution is 2.25. The van der Waals surface area contributed by atoms with Crippen LogP contribution >= 0.6 is 0 Å². The number of methoxy groups -OCH3 is 1. The third-order valence-electron chi connectivity index (χ3n) is 2.01. The van der Waals surface area contributed by atoms with Crippen LogP contribution in [0.3, 0.4) is 0 Å². The van der Waals surface area contributed by atoms with E-state index in [1.54, 1.807) is 19.5 Å². The zero-order valence-corrected chi connectivity index (χ0v) is 8.96. The van der Waals surface area contributed by atoms with E-state index in [1.807, 2.05) is 30.3 Å². The quantitative estimate of drug-likeness (QED) is 0.734. The van der Waals surface area contributed by atoms with Crippen LogP contribution in [0.1, 0.15) is 0 Å². The average molecular weight is 216 g/mol. The number of aromatic nitrogens is 2. The second-order valence-electron chi connectivity index (χ2n) is 3.12. The molecule has 0 N–H and O–H groups in total. The Kier molecular flexibility index (Phi) is 3.46. The van der Waals surface area contributed by atoms with Gasteiger partial charge < -0.3 is 9.47 Å². The Morgan fingerprint density at radius 3 is 2.69 bits per heavy atom. The Labute approximate surface area is 93.9 Å². The molecule has 4 heteroatoms. The molecule has 0 radical (unpaired) electrons. The van der Waals surface area contributed by atoms with Crippen molar-refractivity contribution in [2.24, 2.45) is 0 Å². The lowest BCUT2D eigenvalue weighted by Gasteiger charge is -2.08. The van der Waals surface area contributed by atoms with E-state index < -0.39 is 0 Å². The highest BCUT2D eigenvalue weighted by atomic mass is 16.7. The molecule has 0 fully saturated rings. The Morgan fingerprint density at radius 1 is 1.06 bits per heavy atom. The lowest BCUT2D eigenvalue weighted by molar-refractivity contribution is 0.0513. The first kappa shape index (κ1) is 10.6. The van der Waals surface area contributed by atoms with E-state index in [4.69, 9.17) is 9.47 Å². The van der Waals surface area contributed by atoms with Crippen LogP contribution in [0.4, 0.5) is 0 Å². The van der Waals surface area contributed by atoms with Crippen LogP contribution < -0.4 is 4.74 Å². The van der Waals surface area contributed by atoms with Crippen molar-refractivity contribution in [2.75, 3.05) is 13.9 Å². The largest absolute Gasteiger partial charge is 0.465 e. The van der Waals surface area contributed by atoms with Gasteiger partial charge in [0.2, 0.25) is 0 Å². The summed E-state index contributed by atoms with van der Waals surface area (Å²) in [5.74, 6) is 0.669. The van der Waals surface area contributed by atoms with E-state index in [2.05, 4.69) is 9.97 Å². The van der Waals surface area contributed by atoms with E-state index in [0.717, 1.165) is 11.4 Å². The van der Waals surface area contributed by atoms with Crippen molar-refractivity contribution in [2.45, 2.75) is 0 Å². The summed E-state index contributed by atoms with van der Waals surface area (Å²) in [6.45, 7) is 0.200. The molecule has 0 atom stereocenters. The summed E-state index contributed by atoms with van der Waals surface area (Å²) in [6.07, 6.45) is 3.44. The molecule has 82 valence electrons. The van der Waals surface area contributed by atoms with Crippen LogP contribution in [0.5, 0.6) is 5.75 Å². The lowest BCUT2D eigenvalue weighted by atomic mass is 10.2. The SMILES string of the molecule is COCOc1cccnc1-c1ccccn1. The Bertz CT molecular complexity index is 446. The van der Waals surface area contributed by atoms with E-state index in [-0.39, 0.29) is 6.79 Å². The zero-order chi connectivity index (χ0) is 11.2. The van der Waals surface area contributed by atoms with Crippen LogP contribution in [0.15, 0.2) is 42.7 Å². The molecule has 2 aromatic heterocycles. The molecule has 0 aromatic carbocycles. The Hall–Kier alpha value is -1.94. The molecule has 0 saturated carbocycles. The van der Waals surface area contributed by atoms with Gasteiger partial charge >= 0.3 is 0 Å². The molecule has 0 amide bonds. The topological polar surface area (TPSA) is 44.2 Å². The van der Waals surface area contributed by atoms with E-state index in [0.29, 0.717) is 5.75 Å². The monoisotopic (exact) mass is 216 g/mol. The lowest BCUT2D eigenvalue weighted by Crippen LogP contribution is -2.01. The minimum absolute atomic E-state index is 0.200. The van der Waals surface area contributed by atoms with Gasteiger partial charge in [0.25, 0.3) is 0 Å². The van der Waals surface area contributed by atoms with Gasteiger partial charge in [-0.15, -0.1) is 0 Å². The first-order valence-electron chi connectivity index (χ1n) is 4.90. The normalized spacial score (nSPS) is 10.1. The van der Waals surface area contributed by atoms with Gasteiger partial charge in [0.05, 0.1) is 5.69 Å². The number of pyridine rings is 2. The van der Waals surface area contributed by atoms with E-state index in [9.17, 15) is 0 Å². The van der Waals surface area contributed by atoms with E-state index in [1.165, 1.54) is 0 Å². The summed E-state index contributed by atoms with van der Waals surface area (Å²) in [7, 11) is 1.58. The molecule has 2 rings (SSSR count). The molecule has 4 nitrogen and oxygen atoms in total. The second kappa shape index (κ2) is 5.23. The van der Waals surface area contributed by atoms with Crippen molar-refractivity contribution in [1.29, 1.82) is 0 Å². The third-order valence-corrected chi connectivity index (χ3v) is 2.01. The maximum Gasteiger partial charge on any atom is 0.188 e. The van der Waals surface area contributed by atoms with Crippen molar-refractivity contribution in [3.8, 4) is 17.1 Å². The summed E-state index contributed by atoms with van der Waals surface area (Å²) in [5.41, 5.74) is 1.51. The summed E-state index contributed by atoms with van der Waals surface area (Å²) in [6, 6.07) is 9.33. The maximum atomic E-state index is 5.42. The van der Waals surface area contributed by atoms with Crippen LogP contribution in [0, 0.1) is 0 Å². The Morgan fingerprint density at radius 2 is 1.94 bits per heavy atom. The van der Waals surface area contributed by atoms with Crippen molar-refractivity contribution in [3.05, 3.63) is 42.7 Å². The predicted molar refractivity (Wildman–Crippen MR) is 60.0 cm³/mol. The van der Waals surface area contributed by atoms with Gasteiger partial charge in [0.15, 0.2) is 6.79 Å². The molecular formula is C12H12N2O2. The molecule has 0 aliphatic heterocycles. The summed E-state index contributed by atoms with van der Waals surface area (Å²) in [5, 5.41) is 0. The van der Waals surface area contributed by atoms with Crippen molar-refractivity contribution < 1.29 is 9.47 Å². The van der Waals surface area contributed by atoms with Gasteiger partial charge in [-0.05, 0) is 24.3 Å². The molecule has 0 aliphatic rings. The summed E-state index contributed by atoms with van der Waals surface area (Å²) < 4.78 is 10.3. The summed E-state index contributed by atoms with van der Waals surface area (Å²) >= 11 is 0. The minimum Gasteiger partial charge on any atom is -0.465 e. The van der Waals surface area contributed by atoms with Gasteiger partial charge in [0.1, 0.15) is 11.4 Å². The molecular weight excluding hydrogens is 204 g/mol. The van der Waals surface area contributed by atoms with Gasteiger partial charge in [0, 0.05) is 19.5 Å². The average Bonchev–Trinajstić information content (AvgIpc) is 2.38. The fourth-order valence-corrected chi connectivity index (χ4v) is 1.32. The molecule has 16 heavy (non-hydrogen) atoms. The molecule has 0 unspecified atom stereocenters. The third kappa shape index (κ3) is 2.35. The van der Waals surface area contributed by atoms with Crippen LogP contribution in [0.2, 0.25) is 0 Å². The van der Waals surface area contributed by atoms with Gasteiger partial charge in [-0.2, -0.15) is 0 Å². The van der Waals surface area contributed by atoms with Gasteiger partial charge in [-0.25, -0.2) is 0 Å². The minimum atomic E-state index is 0.200. The maximum absolute atomic E-state index is 5.42. The molecule has 0 spiro atoms. The molecule has 2 heterocycles. The van der Waals surface area contributed by atoms with Gasteiger partial charge in [-0.1, -0.05) is 6.07 Å². The number of rotatable bonds is 4. The van der Waals surface area contributed by atoms with Crippen molar-refractivity contribution in [1.82, 2.24) is 9.97 Å². The van der Waals surface area contributed by atoms with Crippen LogP contribution in [-0.2, 0) is 4.74 Å². The van der Waals surface area contributed by atoms with Crippen LogP contribution in [-0.4, -0.2) is 23.9 Å². The fraction of sp³-hybridized carbons (Fsp3) is 0.167. The van der Waals surface area contributed by atoms with E-state index >= 15 is 0 Å². The molecule has 0 saturated heterocycles. The zero-order valence-electron chi connectivity index (χ0n) is 8.96. The van der Waals surface area contributed by atoms with Gasteiger partial charge in [-0.3, -0.25) is 9.97 Å². The van der Waals surface area contributed by atoms with Crippen molar-refractivity contribution in [3.63, 3.8) is 0 Å². The smallest absolute Gasteiger partial charge is 0.188 e. The second-order valence-corrected chi connectivity index (χ2v) is 3.12. The molecule has 2 aromatic rings. The summed E-state index contributed by atoms with van der Waals surface area (Å²) in [4.78, 5) is 8.49. The molecule has 0 bridgehead atoms. The standard InChI is InChI=1S/C12H12N2O2/c1-15-9-16-11-6-4-8-14-12(11)10-5-2-3-7-13-10/h2-8H,9H2,1H3. The Balaban J connectivity index is 2.33.